The summed E-state index contributed by atoms with van der Waals surface area (Å²) in [6, 6.07) is 4.86. The van der Waals surface area contributed by atoms with Gasteiger partial charge in [0.25, 0.3) is 11.8 Å². The van der Waals surface area contributed by atoms with Crippen LogP contribution in [-0.4, -0.2) is 51.1 Å². The first kappa shape index (κ1) is 21.6. The fourth-order valence-corrected chi connectivity index (χ4v) is 2.40. The normalized spacial score (nSPS) is 14.0. The third-order valence-corrected chi connectivity index (χ3v) is 4.02. The van der Waals surface area contributed by atoms with E-state index in [0.29, 0.717) is 17.0 Å². The number of carbonyl (C=O) groups excluding carboxylic acids is 3. The van der Waals surface area contributed by atoms with Crippen LogP contribution >= 0.6 is 0 Å². The minimum absolute atomic E-state index is 0.0144. The van der Waals surface area contributed by atoms with Crippen molar-refractivity contribution in [1.82, 2.24) is 5.32 Å². The number of amides is 2. The highest BCUT2D eigenvalue weighted by atomic mass is 19.1. The van der Waals surface area contributed by atoms with Gasteiger partial charge in [-0.1, -0.05) is 26.3 Å². The van der Waals surface area contributed by atoms with Crippen LogP contribution in [0.3, 0.4) is 0 Å². The molecule has 0 radical (unpaired) electrons. The standard InChI is InChI=1S/C18H26FN3O4/c1-5-12(2)17(18(25)26-4)21-16(24)11-22(3)10-15(23)20-14-8-6-7-13(19)9-14/h6-9,12,17H,5,10-11H2,1-4H3,(H,20,23)(H,21,24)/p+1/t12-,17+/m0/s1. The lowest BCUT2D eigenvalue weighted by molar-refractivity contribution is -0.862. The summed E-state index contributed by atoms with van der Waals surface area (Å²) in [6.07, 6.45) is 0.707. The summed E-state index contributed by atoms with van der Waals surface area (Å²) in [5.41, 5.74) is 0.356. The first-order chi connectivity index (χ1) is 12.3. The molecule has 3 N–H and O–H groups in total. The molecule has 2 amide bonds. The number of anilines is 1. The summed E-state index contributed by atoms with van der Waals surface area (Å²) in [4.78, 5) is 36.6. The largest absolute Gasteiger partial charge is 0.467 e. The lowest BCUT2D eigenvalue weighted by Gasteiger charge is -2.22. The van der Waals surface area contributed by atoms with E-state index >= 15 is 0 Å². The van der Waals surface area contributed by atoms with Gasteiger partial charge >= 0.3 is 5.97 Å². The lowest BCUT2D eigenvalue weighted by Crippen LogP contribution is -3.11. The van der Waals surface area contributed by atoms with Crippen molar-refractivity contribution in [1.29, 1.82) is 0 Å². The van der Waals surface area contributed by atoms with Gasteiger partial charge in [0, 0.05) is 5.69 Å². The molecule has 1 unspecified atom stereocenters. The predicted octanol–water partition coefficient (Wildman–Crippen LogP) is -0.0172. The first-order valence-corrected chi connectivity index (χ1v) is 8.50. The number of ether oxygens (including phenoxy) is 1. The van der Waals surface area contributed by atoms with Crippen LogP contribution in [0.1, 0.15) is 20.3 Å². The van der Waals surface area contributed by atoms with Crippen LogP contribution in [0.4, 0.5) is 10.1 Å². The van der Waals surface area contributed by atoms with Crippen LogP contribution in [0.2, 0.25) is 0 Å². The zero-order chi connectivity index (χ0) is 19.7. The smallest absolute Gasteiger partial charge is 0.328 e. The molecule has 1 aromatic rings. The third-order valence-electron chi connectivity index (χ3n) is 4.02. The van der Waals surface area contributed by atoms with Gasteiger partial charge in [-0.3, -0.25) is 9.59 Å². The Labute approximate surface area is 152 Å². The number of hydrogen-bond donors (Lipinski definition) is 3. The van der Waals surface area contributed by atoms with Crippen LogP contribution < -0.4 is 15.5 Å². The molecule has 144 valence electrons. The molecule has 0 aliphatic heterocycles. The molecule has 0 saturated heterocycles. The maximum absolute atomic E-state index is 13.1. The Bertz CT molecular complexity index is 639. The zero-order valence-electron chi connectivity index (χ0n) is 15.6. The number of nitrogens with one attached hydrogen (secondary N) is 3. The first-order valence-electron chi connectivity index (χ1n) is 8.50. The molecule has 26 heavy (non-hydrogen) atoms. The number of carbonyl (C=O) groups is 3. The number of hydrogen-bond acceptors (Lipinski definition) is 4. The minimum atomic E-state index is -0.716. The van der Waals surface area contributed by atoms with E-state index in [1.54, 1.807) is 13.1 Å². The number of benzene rings is 1. The van der Waals surface area contributed by atoms with Crippen molar-refractivity contribution in [2.45, 2.75) is 26.3 Å². The molecule has 0 spiro atoms. The van der Waals surface area contributed by atoms with E-state index in [-0.39, 0.29) is 30.8 Å². The summed E-state index contributed by atoms with van der Waals surface area (Å²) in [6.45, 7) is 3.81. The van der Waals surface area contributed by atoms with Crippen molar-refractivity contribution >= 4 is 23.5 Å². The number of rotatable bonds is 9. The van der Waals surface area contributed by atoms with E-state index in [0.717, 1.165) is 0 Å². The Morgan fingerprint density at radius 3 is 2.46 bits per heavy atom. The van der Waals surface area contributed by atoms with Crippen molar-refractivity contribution in [2.24, 2.45) is 5.92 Å². The summed E-state index contributed by atoms with van der Waals surface area (Å²) in [5, 5.41) is 5.24. The van der Waals surface area contributed by atoms with Crippen LogP contribution in [0.5, 0.6) is 0 Å². The molecule has 0 saturated carbocycles. The summed E-state index contributed by atoms with van der Waals surface area (Å²) < 4.78 is 17.8. The molecule has 0 bridgehead atoms. The molecular weight excluding hydrogens is 341 g/mol. The van der Waals surface area contributed by atoms with E-state index in [4.69, 9.17) is 4.74 Å². The van der Waals surface area contributed by atoms with Gasteiger partial charge in [0.2, 0.25) is 0 Å². The van der Waals surface area contributed by atoms with Crippen molar-refractivity contribution in [3.05, 3.63) is 30.1 Å². The summed E-state index contributed by atoms with van der Waals surface area (Å²) >= 11 is 0. The van der Waals surface area contributed by atoms with E-state index < -0.39 is 17.8 Å². The maximum atomic E-state index is 13.1. The Balaban J connectivity index is 2.52. The zero-order valence-corrected chi connectivity index (χ0v) is 15.6. The number of esters is 1. The van der Waals surface area contributed by atoms with E-state index in [9.17, 15) is 18.8 Å². The molecule has 0 aliphatic carbocycles. The molecule has 7 nitrogen and oxygen atoms in total. The van der Waals surface area contributed by atoms with Gasteiger partial charge in [-0.05, 0) is 24.1 Å². The fraction of sp³-hybridized carbons (Fsp3) is 0.500. The van der Waals surface area contributed by atoms with Gasteiger partial charge in [0.1, 0.15) is 11.9 Å². The molecule has 0 aliphatic rings. The number of quaternary nitrogens is 1. The fourth-order valence-electron chi connectivity index (χ4n) is 2.40. The topological polar surface area (TPSA) is 88.9 Å². The highest BCUT2D eigenvalue weighted by Gasteiger charge is 2.27. The van der Waals surface area contributed by atoms with Crippen molar-refractivity contribution in [2.75, 3.05) is 32.6 Å². The highest BCUT2D eigenvalue weighted by Crippen LogP contribution is 2.09. The average Bonchev–Trinajstić information content (AvgIpc) is 2.57. The van der Waals surface area contributed by atoms with Gasteiger partial charge in [-0.25, -0.2) is 9.18 Å². The van der Waals surface area contributed by atoms with Crippen LogP contribution in [0.15, 0.2) is 24.3 Å². The van der Waals surface area contributed by atoms with Gasteiger partial charge < -0.3 is 20.3 Å². The van der Waals surface area contributed by atoms with Gasteiger partial charge in [-0.15, -0.1) is 0 Å². The van der Waals surface area contributed by atoms with Crippen molar-refractivity contribution in [3.63, 3.8) is 0 Å². The summed E-state index contributed by atoms with van der Waals surface area (Å²) in [7, 11) is 2.96. The molecule has 0 heterocycles. The third kappa shape index (κ3) is 7.18. The Hall–Kier alpha value is -2.48. The van der Waals surface area contributed by atoms with E-state index in [2.05, 4.69) is 10.6 Å². The van der Waals surface area contributed by atoms with Gasteiger partial charge in [0.05, 0.1) is 14.2 Å². The second kappa shape index (κ2) is 10.5. The maximum Gasteiger partial charge on any atom is 0.328 e. The molecule has 3 atom stereocenters. The second-order valence-electron chi connectivity index (χ2n) is 6.32. The predicted molar refractivity (Wildman–Crippen MR) is 95.1 cm³/mol. The second-order valence-corrected chi connectivity index (χ2v) is 6.32. The monoisotopic (exact) mass is 368 g/mol. The van der Waals surface area contributed by atoms with Crippen LogP contribution in [0, 0.1) is 11.7 Å². The Morgan fingerprint density at radius 1 is 1.23 bits per heavy atom. The van der Waals surface area contributed by atoms with Crippen molar-refractivity contribution in [3.8, 4) is 0 Å². The molecule has 8 heteroatoms. The molecular formula is C18H27FN3O4+. The van der Waals surface area contributed by atoms with Crippen LogP contribution in [-0.2, 0) is 19.1 Å². The lowest BCUT2D eigenvalue weighted by atomic mass is 9.99. The molecule has 1 rings (SSSR count). The van der Waals surface area contributed by atoms with E-state index in [1.165, 1.54) is 25.3 Å². The molecule has 0 aromatic heterocycles. The minimum Gasteiger partial charge on any atom is -0.467 e. The quantitative estimate of drug-likeness (QED) is 0.535. The number of likely N-dealkylation sites (N-methyl/N-ethyl adjacent to an activating group) is 1. The van der Waals surface area contributed by atoms with Crippen LogP contribution in [0.25, 0.3) is 0 Å². The SMILES string of the molecule is CC[C@H](C)[C@@H](NC(=O)C[NH+](C)CC(=O)Nc1cccc(F)c1)C(=O)OC. The molecule has 0 fully saturated rings. The Kier molecular flexibility index (Phi) is 8.71. The molecule has 1 aromatic carbocycles. The van der Waals surface area contributed by atoms with E-state index in [1.807, 2.05) is 13.8 Å². The van der Waals surface area contributed by atoms with Gasteiger partial charge in [-0.2, -0.15) is 0 Å². The highest BCUT2D eigenvalue weighted by molar-refractivity contribution is 5.91. The number of halogens is 1. The Morgan fingerprint density at radius 2 is 1.88 bits per heavy atom. The number of methoxy groups -OCH3 is 1. The van der Waals surface area contributed by atoms with Crippen molar-refractivity contribution < 1.29 is 28.4 Å². The van der Waals surface area contributed by atoms with Gasteiger partial charge in [0.15, 0.2) is 13.1 Å². The average molecular weight is 368 g/mol. The summed E-state index contributed by atoms with van der Waals surface area (Å²) in [5.74, 6) is -1.69.